The number of sulfonamides is 1. The van der Waals surface area contributed by atoms with Crippen LogP contribution in [-0.2, 0) is 10.0 Å². The van der Waals surface area contributed by atoms with Crippen LogP contribution in [0.15, 0.2) is 84.0 Å². The van der Waals surface area contributed by atoms with Crippen molar-refractivity contribution in [3.63, 3.8) is 0 Å². The van der Waals surface area contributed by atoms with Gasteiger partial charge >= 0.3 is 0 Å². The molecule has 4 aromatic rings. The fourth-order valence-corrected chi connectivity index (χ4v) is 4.31. The molecule has 0 saturated heterocycles. The number of nitrogens with zero attached hydrogens (tertiary/aromatic N) is 1. The summed E-state index contributed by atoms with van der Waals surface area (Å²) in [5.74, 6) is 0.541. The summed E-state index contributed by atoms with van der Waals surface area (Å²) in [5, 5.41) is 2.52. The van der Waals surface area contributed by atoms with Gasteiger partial charge in [0, 0.05) is 40.0 Å². The number of benzene rings is 3. The quantitative estimate of drug-likeness (QED) is 0.468. The Morgan fingerprint density at radius 1 is 0.931 bits per heavy atom. The summed E-state index contributed by atoms with van der Waals surface area (Å²) in [6, 6.07) is 19.1. The van der Waals surface area contributed by atoms with E-state index < -0.39 is 10.0 Å². The zero-order chi connectivity index (χ0) is 20.4. The maximum Gasteiger partial charge on any atom is 0.261 e. The van der Waals surface area contributed by atoms with Gasteiger partial charge in [0.1, 0.15) is 5.75 Å². The lowest BCUT2D eigenvalue weighted by molar-refractivity contribution is 0.416. The first kappa shape index (κ1) is 19.2. The van der Waals surface area contributed by atoms with Crippen molar-refractivity contribution in [2.75, 3.05) is 11.8 Å². The Hall–Kier alpha value is -3.09. The fourth-order valence-electron chi connectivity index (χ4n) is 3.14. The van der Waals surface area contributed by atoms with Crippen LogP contribution in [0, 0.1) is 0 Å². The highest BCUT2D eigenvalue weighted by molar-refractivity contribution is 7.92. The van der Waals surface area contributed by atoms with Gasteiger partial charge in [-0.05, 0) is 41.8 Å². The van der Waals surface area contributed by atoms with Crippen LogP contribution in [0.3, 0.4) is 0 Å². The van der Waals surface area contributed by atoms with Crippen LogP contribution < -0.4 is 9.46 Å². The van der Waals surface area contributed by atoms with E-state index in [-0.39, 0.29) is 4.90 Å². The predicted octanol–water partition coefficient (Wildman–Crippen LogP) is 5.36. The van der Waals surface area contributed by atoms with E-state index in [4.69, 9.17) is 16.3 Å². The maximum atomic E-state index is 12.6. The molecule has 1 heterocycles. The molecule has 0 fully saturated rings. The molecule has 0 aliphatic rings. The van der Waals surface area contributed by atoms with E-state index >= 15 is 0 Å². The van der Waals surface area contributed by atoms with Crippen molar-refractivity contribution in [3.05, 3.63) is 84.1 Å². The third kappa shape index (κ3) is 3.90. The van der Waals surface area contributed by atoms with Crippen molar-refractivity contribution in [1.29, 1.82) is 0 Å². The lowest BCUT2D eigenvalue weighted by atomic mass is 10.00. The topological polar surface area (TPSA) is 68.3 Å². The number of hydrogen-bond acceptors (Lipinski definition) is 4. The van der Waals surface area contributed by atoms with E-state index in [2.05, 4.69) is 9.71 Å². The largest absolute Gasteiger partial charge is 0.496 e. The standard InChI is InChI=1S/C22H17ClN2O3S/c1-28-22-12-17(25-29(26,27)18-9-6-16(23)7-10-18)8-11-20(22)21-14-24-13-15-4-2-3-5-19(15)21/h2-14,25H,1H3. The SMILES string of the molecule is COc1cc(NS(=O)(=O)c2ccc(Cl)cc2)ccc1-c1cncc2ccccc12. The average molecular weight is 425 g/mol. The van der Waals surface area contributed by atoms with Crippen molar-refractivity contribution >= 4 is 38.1 Å². The van der Waals surface area contributed by atoms with Crippen molar-refractivity contribution in [3.8, 4) is 16.9 Å². The number of halogens is 1. The van der Waals surface area contributed by atoms with E-state index in [1.807, 2.05) is 30.3 Å². The number of hydrogen-bond donors (Lipinski definition) is 1. The van der Waals surface area contributed by atoms with E-state index in [1.54, 1.807) is 31.6 Å². The molecule has 1 N–H and O–H groups in total. The van der Waals surface area contributed by atoms with Crippen LogP contribution in [0.1, 0.15) is 0 Å². The summed E-state index contributed by atoms with van der Waals surface area (Å²) in [6.07, 6.45) is 3.58. The number of anilines is 1. The fraction of sp³-hybridized carbons (Fsp3) is 0.0455. The second-order valence-corrected chi connectivity index (χ2v) is 8.50. The van der Waals surface area contributed by atoms with E-state index in [0.29, 0.717) is 16.5 Å². The zero-order valence-electron chi connectivity index (χ0n) is 15.5. The average Bonchev–Trinajstić information content (AvgIpc) is 2.73. The monoisotopic (exact) mass is 424 g/mol. The second kappa shape index (κ2) is 7.73. The predicted molar refractivity (Wildman–Crippen MR) is 116 cm³/mol. The molecule has 0 atom stereocenters. The summed E-state index contributed by atoms with van der Waals surface area (Å²) in [6.45, 7) is 0. The van der Waals surface area contributed by atoms with Gasteiger partial charge < -0.3 is 4.74 Å². The van der Waals surface area contributed by atoms with Crippen molar-refractivity contribution in [2.24, 2.45) is 0 Å². The highest BCUT2D eigenvalue weighted by atomic mass is 35.5. The number of methoxy groups -OCH3 is 1. The molecule has 0 saturated carbocycles. The van der Waals surface area contributed by atoms with Crippen molar-refractivity contribution in [1.82, 2.24) is 4.98 Å². The van der Waals surface area contributed by atoms with Gasteiger partial charge in [-0.3, -0.25) is 9.71 Å². The normalized spacial score (nSPS) is 11.4. The molecule has 29 heavy (non-hydrogen) atoms. The van der Waals surface area contributed by atoms with Gasteiger partial charge in [0.2, 0.25) is 0 Å². The molecular formula is C22H17ClN2O3S. The molecule has 7 heteroatoms. The first-order valence-corrected chi connectivity index (χ1v) is 10.6. The minimum Gasteiger partial charge on any atom is -0.496 e. The molecule has 0 spiro atoms. The molecule has 3 aromatic carbocycles. The zero-order valence-corrected chi connectivity index (χ0v) is 17.0. The highest BCUT2D eigenvalue weighted by Gasteiger charge is 2.16. The van der Waals surface area contributed by atoms with Crippen LogP contribution in [0.4, 0.5) is 5.69 Å². The summed E-state index contributed by atoms with van der Waals surface area (Å²) >= 11 is 5.84. The molecule has 0 amide bonds. The minimum absolute atomic E-state index is 0.128. The van der Waals surface area contributed by atoms with Gasteiger partial charge in [0.25, 0.3) is 10.0 Å². The summed E-state index contributed by atoms with van der Waals surface area (Å²) in [4.78, 5) is 4.44. The Morgan fingerprint density at radius 3 is 2.45 bits per heavy atom. The molecule has 0 aliphatic heterocycles. The van der Waals surface area contributed by atoms with Crippen LogP contribution in [0.5, 0.6) is 5.75 Å². The second-order valence-electron chi connectivity index (χ2n) is 6.38. The number of aromatic nitrogens is 1. The molecule has 146 valence electrons. The Bertz CT molecular complexity index is 1280. The Labute approximate surface area is 174 Å². The number of pyridine rings is 1. The van der Waals surface area contributed by atoms with E-state index in [9.17, 15) is 8.42 Å². The maximum absolute atomic E-state index is 12.6. The van der Waals surface area contributed by atoms with E-state index in [1.165, 1.54) is 24.3 Å². The number of fused-ring (bicyclic) bond motifs is 1. The Morgan fingerprint density at radius 2 is 1.69 bits per heavy atom. The Kier molecular flexibility index (Phi) is 5.13. The third-order valence-corrected chi connectivity index (χ3v) is 6.19. The number of ether oxygens (including phenoxy) is 1. The summed E-state index contributed by atoms with van der Waals surface area (Å²) < 4.78 is 33.4. The van der Waals surface area contributed by atoms with Crippen LogP contribution in [0.2, 0.25) is 5.02 Å². The molecule has 0 unspecified atom stereocenters. The molecule has 0 aliphatic carbocycles. The molecule has 4 rings (SSSR count). The summed E-state index contributed by atoms with van der Waals surface area (Å²) in [7, 11) is -2.19. The van der Waals surface area contributed by atoms with Crippen LogP contribution >= 0.6 is 11.6 Å². The first-order chi connectivity index (χ1) is 14.0. The van der Waals surface area contributed by atoms with Gasteiger partial charge in [-0.2, -0.15) is 0 Å². The van der Waals surface area contributed by atoms with Crippen LogP contribution in [-0.4, -0.2) is 20.5 Å². The highest BCUT2D eigenvalue weighted by Crippen LogP contribution is 2.36. The van der Waals surface area contributed by atoms with E-state index in [0.717, 1.165) is 21.9 Å². The van der Waals surface area contributed by atoms with Crippen LogP contribution in [0.25, 0.3) is 21.9 Å². The lowest BCUT2D eigenvalue weighted by Gasteiger charge is -2.14. The molecule has 1 aromatic heterocycles. The van der Waals surface area contributed by atoms with Gasteiger partial charge in [0.15, 0.2) is 0 Å². The van der Waals surface area contributed by atoms with Gasteiger partial charge in [-0.1, -0.05) is 35.9 Å². The van der Waals surface area contributed by atoms with Gasteiger partial charge in [-0.15, -0.1) is 0 Å². The summed E-state index contributed by atoms with van der Waals surface area (Å²) in [5.41, 5.74) is 2.13. The smallest absolute Gasteiger partial charge is 0.261 e. The number of nitrogens with one attached hydrogen (secondary N) is 1. The Balaban J connectivity index is 1.73. The minimum atomic E-state index is -3.74. The number of rotatable bonds is 5. The molecule has 0 radical (unpaired) electrons. The third-order valence-electron chi connectivity index (χ3n) is 4.54. The first-order valence-electron chi connectivity index (χ1n) is 8.77. The molecule has 0 bridgehead atoms. The van der Waals surface area contributed by atoms with Crippen molar-refractivity contribution in [2.45, 2.75) is 4.90 Å². The van der Waals surface area contributed by atoms with Crippen molar-refractivity contribution < 1.29 is 13.2 Å². The van der Waals surface area contributed by atoms with Gasteiger partial charge in [-0.25, -0.2) is 8.42 Å². The lowest BCUT2D eigenvalue weighted by Crippen LogP contribution is -2.12. The molecule has 5 nitrogen and oxygen atoms in total. The molecular weight excluding hydrogens is 408 g/mol. The van der Waals surface area contributed by atoms with Gasteiger partial charge in [0.05, 0.1) is 17.7 Å².